The van der Waals surface area contributed by atoms with Gasteiger partial charge in [0.2, 0.25) is 10.0 Å². The lowest BCUT2D eigenvalue weighted by Gasteiger charge is -2.59. The van der Waals surface area contributed by atoms with Gasteiger partial charge in [-0.05, 0) is 39.0 Å². The molecule has 2 atom stereocenters. The van der Waals surface area contributed by atoms with Crippen molar-refractivity contribution < 1.29 is 13.2 Å². The van der Waals surface area contributed by atoms with E-state index in [1.165, 1.54) is 38.4 Å². The molecule has 0 radical (unpaired) electrons. The normalized spacial score (nSPS) is 32.8. The van der Waals surface area contributed by atoms with E-state index in [9.17, 15) is 8.42 Å². The van der Waals surface area contributed by atoms with Crippen LogP contribution in [0, 0.1) is 5.41 Å². The number of hydrogen-bond acceptors (Lipinski definition) is 4. The fourth-order valence-corrected chi connectivity index (χ4v) is 5.81. The van der Waals surface area contributed by atoms with Crippen LogP contribution in [0.1, 0.15) is 58.3 Å². The van der Waals surface area contributed by atoms with Gasteiger partial charge in [-0.15, -0.1) is 0 Å². The predicted octanol–water partition coefficient (Wildman–Crippen LogP) is 2.13. The topological polar surface area (TPSA) is 58.6 Å². The van der Waals surface area contributed by atoms with Crippen molar-refractivity contribution in [3.05, 3.63) is 0 Å². The van der Waals surface area contributed by atoms with E-state index in [-0.39, 0.29) is 0 Å². The molecule has 3 aliphatic rings. The molecule has 5 nitrogen and oxygen atoms in total. The minimum atomic E-state index is -3.03. The lowest BCUT2D eigenvalue weighted by molar-refractivity contribution is -0.152. The largest absolute Gasteiger partial charge is 0.378 e. The van der Waals surface area contributed by atoms with Gasteiger partial charge >= 0.3 is 0 Å². The van der Waals surface area contributed by atoms with Crippen LogP contribution < -0.4 is 5.32 Å². The quantitative estimate of drug-likeness (QED) is 0.830. The Kier molecular flexibility index (Phi) is 5.36. The SMILES string of the molecule is CCO[C@@H]1C[C@H](NC2CCN(S(C)(=O)=O)CC2)C12CCCCC2. The Morgan fingerprint density at radius 2 is 1.83 bits per heavy atom. The van der Waals surface area contributed by atoms with E-state index in [1.807, 2.05) is 0 Å². The molecule has 3 rings (SSSR count). The molecule has 23 heavy (non-hydrogen) atoms. The second-order valence-electron chi connectivity index (χ2n) is 7.63. The van der Waals surface area contributed by atoms with Crippen LogP contribution in [0.4, 0.5) is 0 Å². The number of rotatable bonds is 5. The van der Waals surface area contributed by atoms with Crippen molar-refractivity contribution in [2.75, 3.05) is 26.0 Å². The second kappa shape index (κ2) is 6.98. The first-order valence-corrected chi connectivity index (χ1v) is 11.1. The number of sulfonamides is 1. The highest BCUT2D eigenvalue weighted by Crippen LogP contribution is 2.53. The van der Waals surface area contributed by atoms with E-state index in [0.717, 1.165) is 25.9 Å². The van der Waals surface area contributed by atoms with Crippen molar-refractivity contribution in [2.24, 2.45) is 5.41 Å². The van der Waals surface area contributed by atoms with E-state index in [4.69, 9.17) is 4.74 Å². The molecule has 6 heteroatoms. The molecule has 0 bridgehead atoms. The van der Waals surface area contributed by atoms with Crippen LogP contribution in [0.5, 0.6) is 0 Å². The Bertz CT molecular complexity index is 494. The summed E-state index contributed by atoms with van der Waals surface area (Å²) >= 11 is 0. The van der Waals surface area contributed by atoms with Crippen molar-refractivity contribution in [3.8, 4) is 0 Å². The highest BCUT2D eigenvalue weighted by molar-refractivity contribution is 7.88. The van der Waals surface area contributed by atoms with Gasteiger partial charge in [0.25, 0.3) is 0 Å². The van der Waals surface area contributed by atoms with Crippen molar-refractivity contribution in [2.45, 2.75) is 76.5 Å². The summed E-state index contributed by atoms with van der Waals surface area (Å²) in [7, 11) is -3.03. The number of hydrogen-bond donors (Lipinski definition) is 1. The maximum Gasteiger partial charge on any atom is 0.211 e. The van der Waals surface area contributed by atoms with Crippen molar-refractivity contribution in [1.29, 1.82) is 0 Å². The van der Waals surface area contributed by atoms with E-state index >= 15 is 0 Å². The summed E-state index contributed by atoms with van der Waals surface area (Å²) in [5.41, 5.74) is 0.349. The molecular weight excluding hydrogens is 312 g/mol. The summed E-state index contributed by atoms with van der Waals surface area (Å²) in [6.45, 7) is 4.22. The van der Waals surface area contributed by atoms with Crippen LogP contribution in [0.25, 0.3) is 0 Å². The van der Waals surface area contributed by atoms with Crippen LogP contribution in [0.15, 0.2) is 0 Å². The van der Waals surface area contributed by atoms with Gasteiger partial charge in [-0.3, -0.25) is 0 Å². The zero-order valence-electron chi connectivity index (χ0n) is 14.6. The number of piperidine rings is 1. The smallest absolute Gasteiger partial charge is 0.211 e. The summed E-state index contributed by atoms with van der Waals surface area (Å²) in [6.07, 6.45) is 11.3. The zero-order chi connectivity index (χ0) is 16.5. The predicted molar refractivity (Wildman–Crippen MR) is 91.9 cm³/mol. The van der Waals surface area contributed by atoms with Gasteiger partial charge < -0.3 is 10.1 Å². The first kappa shape index (κ1) is 17.6. The minimum absolute atomic E-state index is 0.349. The molecule has 1 heterocycles. The summed E-state index contributed by atoms with van der Waals surface area (Å²) in [4.78, 5) is 0. The third-order valence-corrected chi connectivity index (χ3v) is 7.60. The van der Waals surface area contributed by atoms with Crippen LogP contribution in [-0.4, -0.2) is 56.9 Å². The second-order valence-corrected chi connectivity index (χ2v) is 9.61. The molecule has 1 N–H and O–H groups in total. The third-order valence-electron chi connectivity index (χ3n) is 6.30. The van der Waals surface area contributed by atoms with Gasteiger partial charge in [-0.25, -0.2) is 12.7 Å². The molecule has 0 aromatic rings. The Balaban J connectivity index is 1.56. The first-order valence-electron chi connectivity index (χ1n) is 9.28. The van der Waals surface area contributed by atoms with E-state index in [1.54, 1.807) is 4.31 Å². The zero-order valence-corrected chi connectivity index (χ0v) is 15.4. The number of ether oxygens (including phenoxy) is 1. The molecule has 1 saturated heterocycles. The molecule has 1 spiro atoms. The Morgan fingerprint density at radius 3 is 2.39 bits per heavy atom. The average Bonchev–Trinajstić information content (AvgIpc) is 2.54. The van der Waals surface area contributed by atoms with Gasteiger partial charge in [-0.1, -0.05) is 19.3 Å². The van der Waals surface area contributed by atoms with E-state index < -0.39 is 10.0 Å². The van der Waals surface area contributed by atoms with Crippen molar-refractivity contribution in [3.63, 3.8) is 0 Å². The molecule has 3 fully saturated rings. The minimum Gasteiger partial charge on any atom is -0.378 e. The molecule has 0 amide bonds. The molecule has 1 aliphatic heterocycles. The summed E-state index contributed by atoms with van der Waals surface area (Å²) in [6, 6.07) is 1.02. The van der Waals surface area contributed by atoms with Gasteiger partial charge in [0.15, 0.2) is 0 Å². The Hall–Kier alpha value is -0.170. The molecule has 0 aromatic carbocycles. The van der Waals surface area contributed by atoms with Gasteiger partial charge in [0.1, 0.15) is 0 Å². The standard InChI is InChI=1S/C17H32N2O3S/c1-3-22-16-13-15(17(16)9-5-4-6-10-17)18-14-7-11-19(12-8-14)23(2,20)21/h14-16,18H,3-13H2,1-2H3/t15-,16+/m0/s1. The maximum atomic E-state index is 11.6. The molecular formula is C17H32N2O3S. The maximum absolute atomic E-state index is 11.6. The van der Waals surface area contributed by atoms with E-state index in [0.29, 0.717) is 36.7 Å². The van der Waals surface area contributed by atoms with Crippen LogP contribution in [0.3, 0.4) is 0 Å². The molecule has 0 unspecified atom stereocenters. The van der Waals surface area contributed by atoms with Crippen molar-refractivity contribution >= 4 is 10.0 Å². The number of nitrogens with one attached hydrogen (secondary N) is 1. The highest BCUT2D eigenvalue weighted by atomic mass is 32.2. The summed E-state index contributed by atoms with van der Waals surface area (Å²) in [5, 5.41) is 3.87. The lowest BCUT2D eigenvalue weighted by atomic mass is 9.55. The van der Waals surface area contributed by atoms with Crippen LogP contribution in [-0.2, 0) is 14.8 Å². The Labute approximate surface area is 141 Å². The van der Waals surface area contributed by atoms with Gasteiger partial charge in [0.05, 0.1) is 12.4 Å². The molecule has 134 valence electrons. The van der Waals surface area contributed by atoms with Crippen LogP contribution in [0.2, 0.25) is 0 Å². The fraction of sp³-hybridized carbons (Fsp3) is 1.00. The molecule has 2 aliphatic carbocycles. The average molecular weight is 345 g/mol. The summed E-state index contributed by atoms with van der Waals surface area (Å²) < 4.78 is 30.9. The molecule has 2 saturated carbocycles. The Morgan fingerprint density at radius 1 is 1.17 bits per heavy atom. The van der Waals surface area contributed by atoms with Gasteiger partial charge in [0, 0.05) is 37.2 Å². The first-order chi connectivity index (χ1) is 11.0. The summed E-state index contributed by atoms with van der Waals surface area (Å²) in [5.74, 6) is 0. The van der Waals surface area contributed by atoms with E-state index in [2.05, 4.69) is 12.2 Å². The van der Waals surface area contributed by atoms with Gasteiger partial charge in [-0.2, -0.15) is 0 Å². The third kappa shape index (κ3) is 3.60. The molecule has 0 aromatic heterocycles. The van der Waals surface area contributed by atoms with Crippen LogP contribution >= 0.6 is 0 Å². The monoisotopic (exact) mass is 344 g/mol. The van der Waals surface area contributed by atoms with Crippen molar-refractivity contribution in [1.82, 2.24) is 9.62 Å². The fourth-order valence-electron chi connectivity index (χ4n) is 4.94. The highest BCUT2D eigenvalue weighted by Gasteiger charge is 2.55. The number of nitrogens with zero attached hydrogens (tertiary/aromatic N) is 1. The lowest BCUT2D eigenvalue weighted by Crippen LogP contribution is -2.66.